The topological polar surface area (TPSA) is 169 Å². The lowest BCUT2D eigenvalue weighted by molar-refractivity contribution is -0.121. The van der Waals surface area contributed by atoms with Crippen LogP contribution in [0.1, 0.15) is 91.8 Å². The molecule has 0 fully saturated rings. The first-order valence-corrected chi connectivity index (χ1v) is 16.5. The van der Waals surface area contributed by atoms with Gasteiger partial charge in [-0.15, -0.1) is 0 Å². The third-order valence-electron chi connectivity index (χ3n) is 9.00. The summed E-state index contributed by atoms with van der Waals surface area (Å²) in [6.07, 6.45) is 8.11. The number of aryl methyl sites for hydroxylation is 1. The monoisotopic (exact) mass is 650 g/mol. The quantitative estimate of drug-likeness (QED) is 0.109. The molecule has 6 rings (SSSR count). The van der Waals surface area contributed by atoms with Crippen LogP contribution in [-0.2, 0) is 17.6 Å². The predicted octanol–water partition coefficient (Wildman–Crippen LogP) is 4.27. The molecule has 2 aromatic heterocycles. The maximum Gasteiger partial charge on any atom is 0.190 e. The Morgan fingerprint density at radius 1 is 1.08 bits per heavy atom. The average molecular weight is 651 g/mol. The molecule has 0 radical (unpaired) electrons. The number of aliphatic hydroxyl groups excluding tert-OH is 3. The summed E-state index contributed by atoms with van der Waals surface area (Å²) in [5, 5.41) is 32.6. The van der Waals surface area contributed by atoms with E-state index in [1.807, 2.05) is 60.4 Å². The summed E-state index contributed by atoms with van der Waals surface area (Å²) in [6.45, 7) is 1.97. The van der Waals surface area contributed by atoms with Crippen LogP contribution in [0, 0.1) is 29.8 Å². The van der Waals surface area contributed by atoms with Gasteiger partial charge in [0.2, 0.25) is 0 Å². The molecule has 0 saturated heterocycles. The lowest BCUT2D eigenvalue weighted by Gasteiger charge is -2.26. The molecule has 5 atom stereocenters. The zero-order chi connectivity index (χ0) is 33.8. The van der Waals surface area contributed by atoms with Crippen LogP contribution in [0.5, 0.6) is 11.5 Å². The van der Waals surface area contributed by atoms with Crippen LogP contribution >= 0.6 is 0 Å². The molecule has 4 aromatic rings. The lowest BCUT2D eigenvalue weighted by Crippen LogP contribution is -2.23. The summed E-state index contributed by atoms with van der Waals surface area (Å²) in [6, 6.07) is 11.1. The van der Waals surface area contributed by atoms with Crippen molar-refractivity contribution in [3.8, 4) is 35.4 Å². The number of aromatic amines is 1. The van der Waals surface area contributed by atoms with Crippen molar-refractivity contribution in [1.82, 2.24) is 9.55 Å². The minimum absolute atomic E-state index is 0.00412. The van der Waals surface area contributed by atoms with E-state index in [2.05, 4.69) is 28.9 Å². The summed E-state index contributed by atoms with van der Waals surface area (Å²) >= 11 is 0. The van der Waals surface area contributed by atoms with Gasteiger partial charge in [-0.3, -0.25) is 4.79 Å². The number of aromatic nitrogens is 2. The highest BCUT2D eigenvalue weighted by Gasteiger charge is 2.28. The van der Waals surface area contributed by atoms with Crippen molar-refractivity contribution in [2.45, 2.75) is 89.0 Å². The largest absolute Gasteiger partial charge is 0.465 e. The molecule has 0 spiro atoms. The van der Waals surface area contributed by atoms with E-state index in [-0.39, 0.29) is 25.0 Å². The highest BCUT2D eigenvalue weighted by molar-refractivity contribution is 5.83. The van der Waals surface area contributed by atoms with Crippen molar-refractivity contribution < 1.29 is 29.6 Å². The summed E-state index contributed by atoms with van der Waals surface area (Å²) in [4.78, 5) is 16.1. The number of aliphatic hydroxyl groups is 3. The van der Waals surface area contributed by atoms with Gasteiger partial charge in [-0.25, -0.2) is 0 Å². The van der Waals surface area contributed by atoms with Crippen molar-refractivity contribution in [3.05, 3.63) is 82.8 Å². The van der Waals surface area contributed by atoms with Crippen LogP contribution in [0.2, 0.25) is 0 Å². The van der Waals surface area contributed by atoms with Crippen LogP contribution in [0.3, 0.4) is 0 Å². The Morgan fingerprint density at radius 2 is 1.94 bits per heavy atom. The molecule has 2 aliphatic rings. The van der Waals surface area contributed by atoms with Crippen molar-refractivity contribution in [2.75, 3.05) is 0 Å². The Kier molecular flexibility index (Phi) is 10.2. The van der Waals surface area contributed by atoms with Gasteiger partial charge in [0.05, 0.1) is 29.8 Å². The van der Waals surface area contributed by atoms with Gasteiger partial charge in [-0.05, 0) is 59.2 Å². The SMILES string of the molecule is CCCC(O)CC(O)CC(=O)CCc1ccc2c(c1)OC1C(C#CC(O)c3ccc(C(N)N)cc3Cc3c[nH]c4cn1cc34)CC#CO2. The standard InChI is InChI=1S/C38H42N4O6/c1-2-4-28(43)18-30(45)19-29(44)10-6-23-7-13-35-36(15-23)48-38-24(5-3-14-47-35)9-12-34(46)31-11-8-25(37(39)40)16-26(31)17-27-20-41-33-22-42(38)21-32(27)33/h7-8,11,13,15-16,20-22,24,28,30,34,37-38,41,43,45-46H,2,4-6,10,17-19,39-40H2,1H3. The molecule has 2 aliphatic heterocycles. The van der Waals surface area contributed by atoms with E-state index in [9.17, 15) is 20.1 Å². The fraction of sp³-hybridized carbons (Fsp3) is 0.395. The molecule has 2 bridgehead atoms. The van der Waals surface area contributed by atoms with E-state index in [0.29, 0.717) is 42.7 Å². The summed E-state index contributed by atoms with van der Waals surface area (Å²) in [7, 11) is 0. The highest BCUT2D eigenvalue weighted by atomic mass is 16.5. The molecule has 48 heavy (non-hydrogen) atoms. The molecule has 5 unspecified atom stereocenters. The first kappa shape index (κ1) is 33.4. The van der Waals surface area contributed by atoms with Crippen molar-refractivity contribution >= 4 is 16.7 Å². The molecule has 2 aromatic carbocycles. The Bertz CT molecular complexity index is 1900. The van der Waals surface area contributed by atoms with E-state index in [4.69, 9.17) is 20.9 Å². The number of fused-ring (bicyclic) bond motifs is 5. The van der Waals surface area contributed by atoms with Crippen LogP contribution in [0.25, 0.3) is 10.9 Å². The smallest absolute Gasteiger partial charge is 0.190 e. The molecule has 250 valence electrons. The number of nitrogens with two attached hydrogens (primary N) is 2. The fourth-order valence-corrected chi connectivity index (χ4v) is 6.43. The Morgan fingerprint density at radius 3 is 2.75 bits per heavy atom. The molecule has 8 N–H and O–H groups in total. The van der Waals surface area contributed by atoms with Gasteiger partial charge in [-0.2, -0.15) is 0 Å². The van der Waals surface area contributed by atoms with Gasteiger partial charge >= 0.3 is 0 Å². The van der Waals surface area contributed by atoms with Gasteiger partial charge < -0.3 is 45.8 Å². The average Bonchev–Trinajstić information content (AvgIpc) is 3.65. The van der Waals surface area contributed by atoms with E-state index in [1.54, 1.807) is 6.07 Å². The number of ether oxygens (including phenoxy) is 2. The zero-order valence-corrected chi connectivity index (χ0v) is 27.0. The van der Waals surface area contributed by atoms with Crippen molar-refractivity contribution in [2.24, 2.45) is 17.4 Å². The van der Waals surface area contributed by atoms with Crippen molar-refractivity contribution in [1.29, 1.82) is 0 Å². The van der Waals surface area contributed by atoms with Crippen LogP contribution < -0.4 is 20.9 Å². The van der Waals surface area contributed by atoms with E-state index < -0.39 is 36.6 Å². The second kappa shape index (κ2) is 14.7. The molecular weight excluding hydrogens is 608 g/mol. The summed E-state index contributed by atoms with van der Waals surface area (Å²) in [5.41, 5.74) is 17.1. The number of Topliss-reactive ketones (excluding diaryl/α,β-unsaturated/α-hetero) is 1. The Labute approximate surface area is 280 Å². The molecule has 10 nitrogen and oxygen atoms in total. The van der Waals surface area contributed by atoms with E-state index >= 15 is 0 Å². The number of nitrogens with one attached hydrogen (secondary N) is 1. The number of ketones is 1. The normalized spacial score (nSPS) is 19.6. The van der Waals surface area contributed by atoms with Gasteiger partial charge in [0.1, 0.15) is 18.0 Å². The van der Waals surface area contributed by atoms with E-state index in [1.165, 1.54) is 0 Å². The lowest BCUT2D eigenvalue weighted by atomic mass is 9.93. The number of hydrogen-bond donors (Lipinski definition) is 6. The highest BCUT2D eigenvalue weighted by Crippen LogP contribution is 2.37. The molecule has 0 amide bonds. The first-order chi connectivity index (χ1) is 23.2. The predicted molar refractivity (Wildman–Crippen MR) is 181 cm³/mol. The second-order valence-electron chi connectivity index (χ2n) is 12.8. The van der Waals surface area contributed by atoms with E-state index in [0.717, 1.165) is 39.6 Å². The maximum absolute atomic E-state index is 12.7. The van der Waals surface area contributed by atoms with Crippen LogP contribution in [-0.4, -0.2) is 42.9 Å². The van der Waals surface area contributed by atoms with Gasteiger partial charge in [0, 0.05) is 49.7 Å². The summed E-state index contributed by atoms with van der Waals surface area (Å²) < 4.78 is 14.5. The minimum atomic E-state index is -1.06. The summed E-state index contributed by atoms with van der Waals surface area (Å²) in [5.74, 6) is 9.77. The Hall–Kier alpha value is -4.55. The molecule has 4 heterocycles. The number of carbonyl (C=O) groups is 1. The third-order valence-corrected chi connectivity index (χ3v) is 9.00. The zero-order valence-electron chi connectivity index (χ0n) is 27.0. The number of H-pyrrole nitrogens is 1. The molecule has 0 saturated carbocycles. The number of rotatable bonds is 10. The molecular formula is C38H42N4O6. The van der Waals surface area contributed by atoms with Gasteiger partial charge in [0.25, 0.3) is 0 Å². The van der Waals surface area contributed by atoms with Gasteiger partial charge in [0.15, 0.2) is 17.7 Å². The molecule has 0 aliphatic carbocycles. The van der Waals surface area contributed by atoms with Crippen LogP contribution in [0.4, 0.5) is 0 Å². The minimum Gasteiger partial charge on any atom is -0.465 e. The number of benzene rings is 2. The van der Waals surface area contributed by atoms with Crippen molar-refractivity contribution in [3.63, 3.8) is 0 Å². The number of nitrogens with zero attached hydrogens (tertiary/aromatic N) is 1. The maximum atomic E-state index is 12.7. The first-order valence-electron chi connectivity index (χ1n) is 16.5. The van der Waals surface area contributed by atoms with Gasteiger partial charge in [-0.1, -0.05) is 55.4 Å². The second-order valence-corrected chi connectivity index (χ2v) is 12.8. The number of carbonyl (C=O) groups excluding carboxylic acids is 1. The fourth-order valence-electron chi connectivity index (χ4n) is 6.43. The molecule has 10 heteroatoms. The number of hydrogen-bond acceptors (Lipinski definition) is 8. The van der Waals surface area contributed by atoms with Crippen LogP contribution in [0.15, 0.2) is 55.0 Å². The Balaban J connectivity index is 1.29. The third kappa shape index (κ3) is 7.60.